The molecule has 36 heavy (non-hydrogen) atoms. The summed E-state index contributed by atoms with van der Waals surface area (Å²) < 4.78 is 46.5. The van der Waals surface area contributed by atoms with Crippen LogP contribution in [0.25, 0.3) is 0 Å². The molecule has 12 atom stereocenters. The molecular formula is C28H30F3NO4. The average Bonchev–Trinajstić information content (AvgIpc) is 3.20. The molecular weight excluding hydrogens is 471 g/mol. The Balaban J connectivity index is 1.28. The van der Waals surface area contributed by atoms with E-state index in [0.29, 0.717) is 12.0 Å². The lowest BCUT2D eigenvalue weighted by atomic mass is 9.39. The minimum absolute atomic E-state index is 0.0129. The first kappa shape index (κ1) is 22.1. The number of hydrogen-bond donors (Lipinski definition) is 2. The van der Waals surface area contributed by atoms with Gasteiger partial charge in [0.15, 0.2) is 5.72 Å². The number of piperidine rings is 2. The lowest BCUT2D eigenvalue weighted by Crippen LogP contribution is -2.72. The van der Waals surface area contributed by atoms with Gasteiger partial charge in [-0.1, -0.05) is 26.0 Å². The molecule has 10 rings (SSSR count). The first-order valence-electron chi connectivity index (χ1n) is 13.1. The summed E-state index contributed by atoms with van der Waals surface area (Å²) in [4.78, 5) is 15.9. The number of aliphatic hydroxyl groups is 2. The SMILES string of the molecule is C=C1[C@H]2C[C@@H]3[C@@H]4N5C[C@]6(C)CCC[C@]47[C@H]([C@H]2O)[C@]3(C[C@]5(OC(=O)c2cccc(C(F)(F)F)c2)[C@H]67)[C@@H]1O. The van der Waals surface area contributed by atoms with Gasteiger partial charge in [-0.15, -0.1) is 0 Å². The summed E-state index contributed by atoms with van der Waals surface area (Å²) in [6, 6.07) is 4.54. The standard InChI is InChI=1S/C28H30F3NO4/c1-13-16-10-17-20-25-8-4-7-24(2)12-32(20)27(23(24)25,11-26(17,21(13)34)19(25)18(16)33)36-22(35)14-5-3-6-15(9-14)28(29,30)31/h3,5-6,9,16-21,23,33-34H,1,4,7-8,10-12H2,2H3/t16-,17-,18+,19+,20+,21-,23-,24+,25+,26-,27+/m1/s1. The van der Waals surface area contributed by atoms with Crippen LogP contribution < -0.4 is 0 Å². The molecule has 3 aliphatic heterocycles. The minimum Gasteiger partial charge on any atom is -0.440 e. The van der Waals surface area contributed by atoms with Gasteiger partial charge in [-0.3, -0.25) is 4.90 Å². The normalized spacial score (nSPS) is 54.9. The lowest BCUT2D eigenvalue weighted by Gasteiger charge is -2.67. The predicted octanol–water partition coefficient (Wildman–Crippen LogP) is 4.00. The number of esters is 1. The number of rotatable bonds is 2. The Kier molecular flexibility index (Phi) is 3.72. The van der Waals surface area contributed by atoms with E-state index in [2.05, 4.69) is 18.4 Å². The second kappa shape index (κ2) is 6.05. The highest BCUT2D eigenvalue weighted by atomic mass is 19.4. The van der Waals surface area contributed by atoms with Crippen LogP contribution in [0.2, 0.25) is 0 Å². The van der Waals surface area contributed by atoms with Gasteiger partial charge in [0.05, 0.1) is 23.3 Å². The van der Waals surface area contributed by atoms with E-state index in [1.54, 1.807) is 0 Å². The summed E-state index contributed by atoms with van der Waals surface area (Å²) in [6.45, 7) is 7.20. The first-order chi connectivity index (χ1) is 16.9. The monoisotopic (exact) mass is 501 g/mol. The molecule has 9 bridgehead atoms. The molecule has 6 aliphatic carbocycles. The molecule has 6 saturated carbocycles. The van der Waals surface area contributed by atoms with Crippen molar-refractivity contribution in [3.05, 3.63) is 47.5 Å². The predicted molar refractivity (Wildman–Crippen MR) is 121 cm³/mol. The van der Waals surface area contributed by atoms with E-state index in [9.17, 15) is 28.2 Å². The van der Waals surface area contributed by atoms with Crippen LogP contribution in [0.15, 0.2) is 36.4 Å². The van der Waals surface area contributed by atoms with E-state index in [0.717, 1.165) is 44.4 Å². The van der Waals surface area contributed by atoms with E-state index in [4.69, 9.17) is 4.74 Å². The van der Waals surface area contributed by atoms with Crippen molar-refractivity contribution in [1.29, 1.82) is 0 Å². The molecule has 0 radical (unpaired) electrons. The number of hydrogen-bond acceptors (Lipinski definition) is 5. The van der Waals surface area contributed by atoms with Gasteiger partial charge in [0.1, 0.15) is 0 Å². The number of benzene rings is 1. The Labute approximate surface area is 207 Å². The molecule has 9 fully saturated rings. The Morgan fingerprint density at radius 1 is 1.22 bits per heavy atom. The Morgan fingerprint density at radius 2 is 2.00 bits per heavy atom. The second-order valence-electron chi connectivity index (χ2n) is 13.1. The van der Waals surface area contributed by atoms with Gasteiger partial charge in [-0.05, 0) is 54.4 Å². The Hall–Kier alpha value is -1.90. The fraction of sp³-hybridized carbons (Fsp3) is 0.679. The van der Waals surface area contributed by atoms with Crippen molar-refractivity contribution in [2.75, 3.05) is 6.54 Å². The maximum Gasteiger partial charge on any atom is 0.416 e. The van der Waals surface area contributed by atoms with Gasteiger partial charge < -0.3 is 14.9 Å². The van der Waals surface area contributed by atoms with Crippen LogP contribution in [0.1, 0.15) is 54.9 Å². The number of nitrogens with zero attached hydrogens (tertiary/aromatic N) is 1. The van der Waals surface area contributed by atoms with Crippen LogP contribution in [0, 0.1) is 39.9 Å². The Morgan fingerprint density at radius 3 is 2.75 bits per heavy atom. The zero-order chi connectivity index (χ0) is 25.2. The first-order valence-corrected chi connectivity index (χ1v) is 13.1. The number of carbonyl (C=O) groups is 1. The lowest BCUT2D eigenvalue weighted by molar-refractivity contribution is -0.271. The highest BCUT2D eigenvalue weighted by molar-refractivity contribution is 5.90. The van der Waals surface area contributed by atoms with Gasteiger partial charge in [0.2, 0.25) is 0 Å². The Bertz CT molecular complexity index is 1250. The molecule has 1 aromatic carbocycles. The van der Waals surface area contributed by atoms with Gasteiger partial charge in [0, 0.05) is 47.6 Å². The van der Waals surface area contributed by atoms with E-state index in [-0.39, 0.29) is 46.1 Å². The largest absolute Gasteiger partial charge is 0.440 e. The zero-order valence-electron chi connectivity index (χ0n) is 20.1. The van der Waals surface area contributed by atoms with Gasteiger partial charge >= 0.3 is 12.1 Å². The molecule has 1 aromatic rings. The third-order valence-corrected chi connectivity index (χ3v) is 12.0. The molecule has 192 valence electrons. The van der Waals surface area contributed by atoms with Crippen LogP contribution in [-0.4, -0.2) is 51.6 Å². The fourth-order valence-corrected chi connectivity index (χ4v) is 11.7. The molecule has 0 amide bonds. The quantitative estimate of drug-likeness (QED) is 0.474. The summed E-state index contributed by atoms with van der Waals surface area (Å²) in [5.41, 5.74) is -2.27. The molecule has 0 aromatic heterocycles. The van der Waals surface area contributed by atoms with E-state index in [1.165, 1.54) is 12.1 Å². The van der Waals surface area contributed by atoms with Gasteiger partial charge in [0.25, 0.3) is 0 Å². The average molecular weight is 502 g/mol. The molecule has 1 unspecified atom stereocenters. The van der Waals surface area contributed by atoms with Crippen LogP contribution >= 0.6 is 0 Å². The molecule has 3 heterocycles. The molecule has 8 heteroatoms. The highest BCUT2D eigenvalue weighted by Gasteiger charge is 2.94. The van der Waals surface area contributed by atoms with Crippen molar-refractivity contribution in [3.63, 3.8) is 0 Å². The molecule has 9 aliphatic rings. The van der Waals surface area contributed by atoms with Crippen molar-refractivity contribution in [2.24, 2.45) is 39.9 Å². The van der Waals surface area contributed by atoms with Gasteiger partial charge in [-0.2, -0.15) is 13.2 Å². The van der Waals surface area contributed by atoms with Crippen LogP contribution in [0.3, 0.4) is 0 Å². The smallest absolute Gasteiger partial charge is 0.416 e. The van der Waals surface area contributed by atoms with Crippen molar-refractivity contribution < 1.29 is 32.9 Å². The summed E-state index contributed by atoms with van der Waals surface area (Å²) in [5, 5.41) is 23.3. The number of aliphatic hydroxyl groups excluding tert-OH is 2. The van der Waals surface area contributed by atoms with Crippen molar-refractivity contribution in [3.8, 4) is 0 Å². The van der Waals surface area contributed by atoms with E-state index in [1.807, 2.05) is 0 Å². The second-order valence-corrected chi connectivity index (χ2v) is 13.1. The van der Waals surface area contributed by atoms with E-state index < -0.39 is 41.1 Å². The van der Waals surface area contributed by atoms with Crippen molar-refractivity contribution in [2.45, 2.75) is 69.2 Å². The van der Waals surface area contributed by atoms with Crippen LogP contribution in [-0.2, 0) is 10.9 Å². The van der Waals surface area contributed by atoms with Crippen LogP contribution in [0.5, 0.6) is 0 Å². The van der Waals surface area contributed by atoms with E-state index >= 15 is 0 Å². The number of fused-ring (bicyclic) bond motifs is 1. The molecule has 2 N–H and O–H groups in total. The topological polar surface area (TPSA) is 70.0 Å². The zero-order valence-corrected chi connectivity index (χ0v) is 20.1. The number of carbonyl (C=O) groups excluding carboxylic acids is 1. The molecule has 2 spiro atoms. The van der Waals surface area contributed by atoms with Crippen molar-refractivity contribution in [1.82, 2.24) is 4.90 Å². The number of alkyl halides is 3. The molecule has 5 nitrogen and oxygen atoms in total. The highest BCUT2D eigenvalue weighted by Crippen LogP contribution is 2.89. The maximum atomic E-state index is 13.6. The van der Waals surface area contributed by atoms with Gasteiger partial charge in [-0.25, -0.2) is 4.79 Å². The summed E-state index contributed by atoms with van der Waals surface area (Å²) >= 11 is 0. The van der Waals surface area contributed by atoms with Crippen LogP contribution in [0.4, 0.5) is 13.2 Å². The minimum atomic E-state index is -4.55. The fourth-order valence-electron chi connectivity index (χ4n) is 11.7. The maximum absolute atomic E-state index is 13.6. The van der Waals surface area contributed by atoms with Crippen molar-refractivity contribution >= 4 is 5.97 Å². The summed E-state index contributed by atoms with van der Waals surface area (Å²) in [5.74, 6) is -0.743. The third-order valence-electron chi connectivity index (χ3n) is 12.0. The summed E-state index contributed by atoms with van der Waals surface area (Å²) in [6.07, 6.45) is -1.75. The summed E-state index contributed by atoms with van der Waals surface area (Å²) in [7, 11) is 0. The number of halogens is 3. The number of ether oxygens (including phenoxy) is 1. The third kappa shape index (κ3) is 2.02. The molecule has 3 saturated heterocycles.